The number of halogens is 2. The van der Waals surface area contributed by atoms with Crippen molar-refractivity contribution < 1.29 is 4.39 Å². The molecule has 0 fully saturated rings. The van der Waals surface area contributed by atoms with Crippen LogP contribution in [0.4, 0.5) is 4.39 Å². The minimum absolute atomic E-state index is 0.269. The predicted molar refractivity (Wildman–Crippen MR) is 60.6 cm³/mol. The molecule has 2 aromatic rings. The molecule has 0 radical (unpaired) electrons. The van der Waals surface area contributed by atoms with E-state index in [-0.39, 0.29) is 5.82 Å². The molecule has 0 amide bonds. The highest BCUT2D eigenvalue weighted by Gasteiger charge is 2.12. The van der Waals surface area contributed by atoms with Gasteiger partial charge in [-0.15, -0.1) is 0 Å². The first-order valence-corrected chi connectivity index (χ1v) is 5.15. The number of nitrogens with zero attached hydrogens (tertiary/aromatic N) is 1. The van der Waals surface area contributed by atoms with Gasteiger partial charge < -0.3 is 10.3 Å². The summed E-state index contributed by atoms with van der Waals surface area (Å²) in [6.45, 7) is 0.534. The Balaban J connectivity index is 2.73. The lowest BCUT2D eigenvalue weighted by Crippen LogP contribution is -2.06. The fourth-order valence-corrected chi connectivity index (χ4v) is 2.21. The normalized spacial score (nSPS) is 11.2. The molecule has 0 unspecified atom stereocenters. The van der Waals surface area contributed by atoms with E-state index in [1.807, 2.05) is 11.6 Å². The molecule has 1 heterocycles. The van der Waals surface area contributed by atoms with Gasteiger partial charge in [0.15, 0.2) is 0 Å². The highest BCUT2D eigenvalue weighted by atomic mass is 35.5. The maximum atomic E-state index is 13.1. The van der Waals surface area contributed by atoms with Gasteiger partial charge in [0.25, 0.3) is 0 Å². The Morgan fingerprint density at radius 3 is 2.87 bits per heavy atom. The number of nitrogens with two attached hydrogens (primary N) is 1. The van der Waals surface area contributed by atoms with E-state index < -0.39 is 0 Å². The Hall–Kier alpha value is -1.06. The molecule has 0 saturated carbocycles. The molecule has 0 saturated heterocycles. The van der Waals surface area contributed by atoms with Crippen LogP contribution in [-0.2, 0) is 13.5 Å². The summed E-state index contributed by atoms with van der Waals surface area (Å²) in [5, 5.41) is 1.36. The minimum atomic E-state index is -0.269. The van der Waals surface area contributed by atoms with E-state index in [1.54, 1.807) is 6.07 Å². The number of hydrogen-bond acceptors (Lipinski definition) is 1. The van der Waals surface area contributed by atoms with Gasteiger partial charge in [-0.05, 0) is 24.7 Å². The molecule has 2 N–H and O–H groups in total. The summed E-state index contributed by atoms with van der Waals surface area (Å²) in [5.41, 5.74) is 7.40. The third-order valence-corrected chi connectivity index (χ3v) is 3.02. The maximum Gasteiger partial charge on any atom is 0.124 e. The highest BCUT2D eigenvalue weighted by Crippen LogP contribution is 2.30. The van der Waals surface area contributed by atoms with E-state index in [9.17, 15) is 4.39 Å². The second-order valence-electron chi connectivity index (χ2n) is 3.52. The molecule has 2 nitrogen and oxygen atoms in total. The summed E-state index contributed by atoms with van der Waals surface area (Å²) >= 11 is 6.17. The average Bonchev–Trinajstić information content (AvgIpc) is 2.44. The quantitative estimate of drug-likeness (QED) is 0.838. The van der Waals surface area contributed by atoms with E-state index in [4.69, 9.17) is 17.3 Å². The van der Waals surface area contributed by atoms with Crippen LogP contribution >= 0.6 is 11.6 Å². The molecular formula is C11H12ClFN2. The van der Waals surface area contributed by atoms with Crippen LogP contribution in [0.25, 0.3) is 10.9 Å². The Morgan fingerprint density at radius 1 is 1.47 bits per heavy atom. The van der Waals surface area contributed by atoms with Gasteiger partial charge in [0.1, 0.15) is 5.82 Å². The first-order valence-electron chi connectivity index (χ1n) is 4.77. The largest absolute Gasteiger partial charge is 0.346 e. The number of fused-ring (bicyclic) bond motifs is 1. The molecule has 0 aliphatic rings. The fourth-order valence-electron chi connectivity index (χ4n) is 1.84. The van der Waals surface area contributed by atoms with Gasteiger partial charge in [0, 0.05) is 30.1 Å². The van der Waals surface area contributed by atoms with Crippen molar-refractivity contribution in [3.63, 3.8) is 0 Å². The Morgan fingerprint density at radius 2 is 2.20 bits per heavy atom. The summed E-state index contributed by atoms with van der Waals surface area (Å²) in [6, 6.07) is 4.62. The van der Waals surface area contributed by atoms with Crippen LogP contribution in [-0.4, -0.2) is 11.1 Å². The molecule has 1 aromatic carbocycles. The van der Waals surface area contributed by atoms with E-state index in [0.717, 1.165) is 16.6 Å². The Bertz CT molecular complexity index is 505. The van der Waals surface area contributed by atoms with Gasteiger partial charge in [-0.2, -0.15) is 0 Å². The van der Waals surface area contributed by atoms with Crippen LogP contribution in [0.2, 0.25) is 5.02 Å². The van der Waals surface area contributed by atoms with Crippen molar-refractivity contribution in [2.24, 2.45) is 12.8 Å². The first kappa shape index (κ1) is 10.5. The zero-order valence-electron chi connectivity index (χ0n) is 8.43. The van der Waals surface area contributed by atoms with E-state index in [1.165, 1.54) is 12.1 Å². The molecular weight excluding hydrogens is 215 g/mol. The second kappa shape index (κ2) is 3.83. The average molecular weight is 227 g/mol. The molecule has 4 heteroatoms. The summed E-state index contributed by atoms with van der Waals surface area (Å²) < 4.78 is 15.0. The third-order valence-electron chi connectivity index (χ3n) is 2.60. The lowest BCUT2D eigenvalue weighted by Gasteiger charge is -2.02. The smallest absolute Gasteiger partial charge is 0.124 e. The Labute approximate surface area is 92.4 Å². The van der Waals surface area contributed by atoms with E-state index >= 15 is 0 Å². The summed E-state index contributed by atoms with van der Waals surface area (Å²) in [6.07, 6.45) is 0.700. The molecule has 0 aliphatic carbocycles. The van der Waals surface area contributed by atoms with Gasteiger partial charge in [-0.25, -0.2) is 4.39 Å². The van der Waals surface area contributed by atoms with Gasteiger partial charge >= 0.3 is 0 Å². The van der Waals surface area contributed by atoms with Gasteiger partial charge in [-0.1, -0.05) is 11.6 Å². The van der Waals surface area contributed by atoms with Crippen LogP contribution in [0.15, 0.2) is 18.2 Å². The molecule has 1 aromatic heterocycles. The van der Waals surface area contributed by atoms with Crippen molar-refractivity contribution in [2.45, 2.75) is 6.42 Å². The lowest BCUT2D eigenvalue weighted by molar-refractivity contribution is 0.629. The van der Waals surface area contributed by atoms with Crippen molar-refractivity contribution >= 4 is 22.5 Å². The summed E-state index contributed by atoms with van der Waals surface area (Å²) in [7, 11) is 1.91. The third kappa shape index (κ3) is 1.62. The van der Waals surface area contributed by atoms with Crippen molar-refractivity contribution in [1.82, 2.24) is 4.57 Å². The SMILES string of the molecule is Cn1c(CCN)c(Cl)c2cc(F)ccc21. The number of benzene rings is 1. The standard InChI is InChI=1S/C11H12ClFN2/c1-15-9-3-2-7(13)6-8(9)11(12)10(15)4-5-14/h2-3,6H,4-5,14H2,1H3. The molecule has 2 rings (SSSR count). The summed E-state index contributed by atoms with van der Waals surface area (Å²) in [5.74, 6) is -0.269. The number of aryl methyl sites for hydroxylation is 1. The first-order chi connectivity index (χ1) is 7.15. The van der Waals surface area contributed by atoms with Crippen LogP contribution in [0.1, 0.15) is 5.69 Å². The van der Waals surface area contributed by atoms with Crippen molar-refractivity contribution in [3.05, 3.63) is 34.7 Å². The fraction of sp³-hybridized carbons (Fsp3) is 0.273. The second-order valence-corrected chi connectivity index (χ2v) is 3.90. The lowest BCUT2D eigenvalue weighted by atomic mass is 10.2. The van der Waals surface area contributed by atoms with Crippen molar-refractivity contribution in [1.29, 1.82) is 0 Å². The number of aromatic nitrogens is 1. The number of rotatable bonds is 2. The molecule has 15 heavy (non-hydrogen) atoms. The molecule has 80 valence electrons. The zero-order valence-corrected chi connectivity index (χ0v) is 9.18. The monoisotopic (exact) mass is 226 g/mol. The molecule has 0 aliphatic heterocycles. The molecule has 0 bridgehead atoms. The van der Waals surface area contributed by atoms with Gasteiger partial charge in [0.05, 0.1) is 5.02 Å². The summed E-state index contributed by atoms with van der Waals surface area (Å²) in [4.78, 5) is 0. The van der Waals surface area contributed by atoms with E-state index in [2.05, 4.69) is 0 Å². The van der Waals surface area contributed by atoms with Crippen molar-refractivity contribution in [3.8, 4) is 0 Å². The van der Waals surface area contributed by atoms with Crippen LogP contribution in [0.5, 0.6) is 0 Å². The zero-order chi connectivity index (χ0) is 11.0. The highest BCUT2D eigenvalue weighted by molar-refractivity contribution is 6.36. The van der Waals surface area contributed by atoms with E-state index in [0.29, 0.717) is 18.0 Å². The topological polar surface area (TPSA) is 30.9 Å². The predicted octanol–water partition coefficient (Wildman–Crippen LogP) is 2.47. The minimum Gasteiger partial charge on any atom is -0.346 e. The number of hydrogen-bond donors (Lipinski definition) is 1. The molecule has 0 atom stereocenters. The van der Waals surface area contributed by atoms with Crippen molar-refractivity contribution in [2.75, 3.05) is 6.54 Å². The van der Waals surface area contributed by atoms with Crippen LogP contribution in [0, 0.1) is 5.82 Å². The van der Waals surface area contributed by atoms with Gasteiger partial charge in [-0.3, -0.25) is 0 Å². The van der Waals surface area contributed by atoms with Crippen LogP contribution < -0.4 is 5.73 Å². The van der Waals surface area contributed by atoms with Gasteiger partial charge in [0.2, 0.25) is 0 Å². The maximum absolute atomic E-state index is 13.1. The van der Waals surface area contributed by atoms with Crippen LogP contribution in [0.3, 0.4) is 0 Å². The molecule has 0 spiro atoms. The Kier molecular flexibility index (Phi) is 2.67.